The summed E-state index contributed by atoms with van der Waals surface area (Å²) in [6.45, 7) is 6.18. The maximum Gasteiger partial charge on any atom is 0.200 e. The molecule has 1 saturated heterocycles. The van der Waals surface area contributed by atoms with Crippen molar-refractivity contribution in [1.29, 1.82) is 0 Å². The zero-order valence-corrected chi connectivity index (χ0v) is 11.1. The quantitative estimate of drug-likeness (QED) is 0.694. The van der Waals surface area contributed by atoms with Crippen LogP contribution in [0.4, 0.5) is 0 Å². The zero-order chi connectivity index (χ0) is 12.8. The van der Waals surface area contributed by atoms with Crippen LogP contribution in [0.1, 0.15) is 44.6 Å². The fourth-order valence-corrected chi connectivity index (χ4v) is 2.25. The second-order valence-corrected chi connectivity index (χ2v) is 4.81. The number of rotatable bonds is 6. The van der Waals surface area contributed by atoms with Gasteiger partial charge in [0.15, 0.2) is 6.29 Å². The molecule has 18 heavy (non-hydrogen) atoms. The summed E-state index contributed by atoms with van der Waals surface area (Å²) >= 11 is 0. The number of benzene rings is 1. The van der Waals surface area contributed by atoms with Crippen molar-refractivity contribution in [2.75, 3.05) is 0 Å². The molecule has 2 nitrogen and oxygen atoms in total. The van der Waals surface area contributed by atoms with Crippen molar-refractivity contribution in [3.05, 3.63) is 42.5 Å². The average molecular weight is 246 g/mol. The van der Waals surface area contributed by atoms with Crippen LogP contribution in [0, 0.1) is 0 Å². The first-order valence-electron chi connectivity index (χ1n) is 6.86. The van der Waals surface area contributed by atoms with Crippen LogP contribution in [0.2, 0.25) is 0 Å². The van der Waals surface area contributed by atoms with E-state index in [4.69, 9.17) is 9.47 Å². The first-order chi connectivity index (χ1) is 8.79. The second-order valence-electron chi connectivity index (χ2n) is 4.81. The van der Waals surface area contributed by atoms with E-state index in [1.54, 1.807) is 0 Å². The Morgan fingerprint density at radius 2 is 2.11 bits per heavy atom. The lowest BCUT2D eigenvalue weighted by Gasteiger charge is -2.17. The van der Waals surface area contributed by atoms with Crippen LogP contribution in [0.25, 0.3) is 5.76 Å². The molecule has 0 bridgehead atoms. The van der Waals surface area contributed by atoms with Crippen LogP contribution in [0.5, 0.6) is 0 Å². The lowest BCUT2D eigenvalue weighted by molar-refractivity contribution is -0.0900. The van der Waals surface area contributed by atoms with Gasteiger partial charge in [-0.15, -0.1) is 0 Å². The lowest BCUT2D eigenvalue weighted by Crippen LogP contribution is -2.13. The van der Waals surface area contributed by atoms with Gasteiger partial charge >= 0.3 is 0 Å². The van der Waals surface area contributed by atoms with Crippen LogP contribution in [0.3, 0.4) is 0 Å². The van der Waals surface area contributed by atoms with Crippen LogP contribution in [0.15, 0.2) is 36.9 Å². The summed E-state index contributed by atoms with van der Waals surface area (Å²) in [7, 11) is 0. The SMILES string of the molecule is C=C(O[C@@H]1CC[C@@H](CCCC)O1)c1ccccc1. The van der Waals surface area contributed by atoms with Crippen LogP contribution < -0.4 is 0 Å². The predicted molar refractivity (Wildman–Crippen MR) is 74.0 cm³/mol. The van der Waals surface area contributed by atoms with Gasteiger partial charge in [0.05, 0.1) is 6.10 Å². The molecule has 0 saturated carbocycles. The highest BCUT2D eigenvalue weighted by molar-refractivity contribution is 5.57. The molecule has 2 atom stereocenters. The highest BCUT2D eigenvalue weighted by atomic mass is 16.7. The molecule has 0 aliphatic carbocycles. The summed E-state index contributed by atoms with van der Waals surface area (Å²) < 4.78 is 11.7. The normalized spacial score (nSPS) is 22.9. The standard InChI is InChI=1S/C16H22O2/c1-3-4-10-15-11-12-16(18-15)17-13(2)14-8-6-5-7-9-14/h5-9,15-16H,2-4,10-12H2,1H3/t15-,16+/m1/s1. The Morgan fingerprint density at radius 3 is 2.83 bits per heavy atom. The highest BCUT2D eigenvalue weighted by Crippen LogP contribution is 2.27. The number of hydrogen-bond donors (Lipinski definition) is 0. The molecule has 1 aliphatic heterocycles. The second kappa shape index (κ2) is 6.60. The van der Waals surface area contributed by atoms with Crippen LogP contribution >= 0.6 is 0 Å². The van der Waals surface area contributed by atoms with E-state index in [2.05, 4.69) is 13.5 Å². The van der Waals surface area contributed by atoms with Crippen molar-refractivity contribution in [3.63, 3.8) is 0 Å². The molecule has 0 N–H and O–H groups in total. The minimum absolute atomic E-state index is 0.112. The third-order valence-corrected chi connectivity index (χ3v) is 3.32. The summed E-state index contributed by atoms with van der Waals surface area (Å²) in [6, 6.07) is 9.98. The molecule has 0 unspecified atom stereocenters. The first kappa shape index (κ1) is 13.2. The van der Waals surface area contributed by atoms with Crippen molar-refractivity contribution < 1.29 is 9.47 Å². The smallest absolute Gasteiger partial charge is 0.200 e. The van der Waals surface area contributed by atoms with Gasteiger partial charge in [-0.25, -0.2) is 0 Å². The van der Waals surface area contributed by atoms with E-state index in [1.807, 2.05) is 30.3 Å². The van der Waals surface area contributed by atoms with Gasteiger partial charge in [-0.1, -0.05) is 56.7 Å². The van der Waals surface area contributed by atoms with Gasteiger partial charge in [0, 0.05) is 12.0 Å². The minimum Gasteiger partial charge on any atom is -0.465 e. The van der Waals surface area contributed by atoms with Gasteiger partial charge in [-0.3, -0.25) is 0 Å². The topological polar surface area (TPSA) is 18.5 Å². The Bertz CT molecular complexity index is 372. The maximum atomic E-state index is 5.87. The predicted octanol–water partition coefficient (Wildman–Crippen LogP) is 4.37. The number of hydrogen-bond acceptors (Lipinski definition) is 2. The summed E-state index contributed by atoms with van der Waals surface area (Å²) in [5, 5.41) is 0. The van der Waals surface area contributed by atoms with E-state index >= 15 is 0 Å². The van der Waals surface area contributed by atoms with E-state index in [-0.39, 0.29) is 6.29 Å². The molecule has 0 spiro atoms. The molecular formula is C16H22O2. The molecule has 98 valence electrons. The molecule has 1 aromatic carbocycles. The molecule has 0 radical (unpaired) electrons. The van der Waals surface area contributed by atoms with Gasteiger partial charge in [-0.2, -0.15) is 0 Å². The van der Waals surface area contributed by atoms with E-state index in [0.717, 1.165) is 24.8 Å². The van der Waals surface area contributed by atoms with Gasteiger partial charge in [0.1, 0.15) is 5.76 Å². The third kappa shape index (κ3) is 3.61. The summed E-state index contributed by atoms with van der Waals surface area (Å²) in [4.78, 5) is 0. The van der Waals surface area contributed by atoms with Crippen LogP contribution in [-0.4, -0.2) is 12.4 Å². The number of unbranched alkanes of at least 4 members (excludes halogenated alkanes) is 1. The molecule has 0 aromatic heterocycles. The van der Waals surface area contributed by atoms with E-state index in [1.165, 1.54) is 12.8 Å². The fourth-order valence-electron chi connectivity index (χ4n) is 2.25. The summed E-state index contributed by atoms with van der Waals surface area (Å²) in [6.07, 6.45) is 5.94. The van der Waals surface area contributed by atoms with E-state index in [0.29, 0.717) is 11.9 Å². The van der Waals surface area contributed by atoms with E-state index in [9.17, 15) is 0 Å². The zero-order valence-electron chi connectivity index (χ0n) is 11.1. The minimum atomic E-state index is -0.112. The molecule has 1 heterocycles. The van der Waals surface area contributed by atoms with Gasteiger partial charge in [0.2, 0.25) is 0 Å². The van der Waals surface area contributed by atoms with Crippen LogP contribution in [-0.2, 0) is 9.47 Å². The van der Waals surface area contributed by atoms with Gasteiger partial charge in [0.25, 0.3) is 0 Å². The molecule has 2 rings (SSSR count). The van der Waals surface area contributed by atoms with Crippen molar-refractivity contribution in [3.8, 4) is 0 Å². The van der Waals surface area contributed by atoms with Gasteiger partial charge < -0.3 is 9.47 Å². The van der Waals surface area contributed by atoms with Crippen molar-refractivity contribution >= 4 is 5.76 Å². The lowest BCUT2D eigenvalue weighted by atomic mass is 10.1. The van der Waals surface area contributed by atoms with Crippen molar-refractivity contribution in [2.24, 2.45) is 0 Å². The first-order valence-corrected chi connectivity index (χ1v) is 6.86. The molecule has 0 amide bonds. The van der Waals surface area contributed by atoms with Gasteiger partial charge in [-0.05, 0) is 12.8 Å². The Morgan fingerprint density at radius 1 is 1.33 bits per heavy atom. The monoisotopic (exact) mass is 246 g/mol. The Labute approximate surface area is 110 Å². The number of ether oxygens (including phenoxy) is 2. The van der Waals surface area contributed by atoms with E-state index < -0.39 is 0 Å². The average Bonchev–Trinajstić information content (AvgIpc) is 2.85. The highest BCUT2D eigenvalue weighted by Gasteiger charge is 2.26. The molecule has 2 heteroatoms. The van der Waals surface area contributed by atoms with Crippen molar-refractivity contribution in [1.82, 2.24) is 0 Å². The summed E-state index contributed by atoms with van der Waals surface area (Å²) in [5.41, 5.74) is 1.03. The fraction of sp³-hybridized carbons (Fsp3) is 0.500. The Kier molecular flexibility index (Phi) is 4.82. The third-order valence-electron chi connectivity index (χ3n) is 3.32. The van der Waals surface area contributed by atoms with Crippen molar-refractivity contribution in [2.45, 2.75) is 51.4 Å². The molecule has 1 aromatic rings. The Hall–Kier alpha value is -1.28. The maximum absolute atomic E-state index is 5.87. The largest absolute Gasteiger partial charge is 0.465 e. The molecule has 1 aliphatic rings. The molecular weight excluding hydrogens is 224 g/mol. The molecule has 1 fully saturated rings. The Balaban J connectivity index is 1.79. The summed E-state index contributed by atoms with van der Waals surface area (Å²) in [5.74, 6) is 0.705.